The predicted molar refractivity (Wildman–Crippen MR) is 85.1 cm³/mol. The van der Waals surface area contributed by atoms with E-state index >= 15 is 0 Å². The zero-order chi connectivity index (χ0) is 14.0. The topological polar surface area (TPSA) is 43.1 Å². The molecule has 2 aromatic rings. The van der Waals surface area contributed by atoms with Crippen LogP contribution < -0.4 is 5.73 Å². The summed E-state index contributed by atoms with van der Waals surface area (Å²) in [5, 5.41) is 0.972. The molecule has 0 heterocycles. The van der Waals surface area contributed by atoms with Gasteiger partial charge in [0, 0.05) is 15.2 Å². The van der Waals surface area contributed by atoms with Crippen molar-refractivity contribution in [1.82, 2.24) is 0 Å². The summed E-state index contributed by atoms with van der Waals surface area (Å²) in [7, 11) is -1.33. The normalized spacial score (nSPS) is 12.4. The number of nitrogens with two attached hydrogens (primary N) is 1. The van der Waals surface area contributed by atoms with Gasteiger partial charge in [-0.1, -0.05) is 51.3 Å². The molecular formula is C13H10BrCl2NOS. The highest BCUT2D eigenvalue weighted by Gasteiger charge is 2.14. The van der Waals surface area contributed by atoms with Crippen molar-refractivity contribution in [2.75, 3.05) is 5.73 Å². The van der Waals surface area contributed by atoms with Crippen LogP contribution in [0.1, 0.15) is 5.56 Å². The van der Waals surface area contributed by atoms with Crippen LogP contribution in [-0.2, 0) is 16.6 Å². The van der Waals surface area contributed by atoms with Gasteiger partial charge in [-0.15, -0.1) is 0 Å². The molecule has 1 atom stereocenters. The van der Waals surface area contributed by atoms with Crippen LogP contribution in [0.25, 0.3) is 0 Å². The van der Waals surface area contributed by atoms with E-state index in [-0.39, 0.29) is 5.75 Å². The van der Waals surface area contributed by atoms with Crippen molar-refractivity contribution in [3.8, 4) is 0 Å². The van der Waals surface area contributed by atoms with Gasteiger partial charge in [0.15, 0.2) is 0 Å². The quantitative estimate of drug-likeness (QED) is 0.790. The number of hydrogen-bond donors (Lipinski definition) is 1. The molecule has 2 aromatic carbocycles. The van der Waals surface area contributed by atoms with Gasteiger partial charge in [0.05, 0.1) is 26.5 Å². The van der Waals surface area contributed by atoms with Crippen LogP contribution in [0, 0.1) is 0 Å². The molecule has 6 heteroatoms. The fourth-order valence-corrected chi connectivity index (χ4v) is 4.17. The van der Waals surface area contributed by atoms with E-state index < -0.39 is 10.8 Å². The Balaban J connectivity index is 2.31. The molecule has 1 unspecified atom stereocenters. The van der Waals surface area contributed by atoms with Crippen LogP contribution in [0.4, 0.5) is 5.69 Å². The second-order valence-electron chi connectivity index (χ2n) is 3.88. The Morgan fingerprint density at radius 2 is 1.89 bits per heavy atom. The zero-order valence-electron chi connectivity index (χ0n) is 9.70. The summed E-state index contributed by atoms with van der Waals surface area (Å²) in [5.41, 5.74) is 7.04. The van der Waals surface area contributed by atoms with Crippen LogP contribution >= 0.6 is 39.1 Å². The van der Waals surface area contributed by atoms with Crippen molar-refractivity contribution in [3.63, 3.8) is 0 Å². The van der Waals surface area contributed by atoms with Crippen molar-refractivity contribution >= 4 is 55.6 Å². The molecule has 0 spiro atoms. The van der Waals surface area contributed by atoms with Gasteiger partial charge in [0.25, 0.3) is 0 Å². The summed E-state index contributed by atoms with van der Waals surface area (Å²) in [4.78, 5) is 0.461. The van der Waals surface area contributed by atoms with Crippen LogP contribution in [0.15, 0.2) is 45.8 Å². The first-order valence-corrected chi connectivity index (χ1v) is 8.22. The summed E-state index contributed by atoms with van der Waals surface area (Å²) in [6.45, 7) is 0. The third-order valence-electron chi connectivity index (χ3n) is 2.53. The second-order valence-corrected chi connectivity index (χ2v) is 7.00. The molecule has 0 radical (unpaired) electrons. The average Bonchev–Trinajstić information content (AvgIpc) is 2.32. The number of rotatable bonds is 3. The lowest BCUT2D eigenvalue weighted by molar-refractivity contribution is 0.683. The Hall–Kier alpha value is -0.550. The van der Waals surface area contributed by atoms with Crippen LogP contribution in [-0.4, -0.2) is 4.21 Å². The maximum Gasteiger partial charge on any atom is 0.0806 e. The summed E-state index contributed by atoms with van der Waals surface area (Å²) in [6.07, 6.45) is 0. The van der Waals surface area contributed by atoms with Crippen molar-refractivity contribution in [2.45, 2.75) is 10.6 Å². The zero-order valence-corrected chi connectivity index (χ0v) is 13.6. The Bertz CT molecular complexity index is 628. The van der Waals surface area contributed by atoms with E-state index in [4.69, 9.17) is 28.9 Å². The molecular weight excluding hydrogens is 369 g/mol. The number of nitrogen functional groups attached to an aromatic ring is 1. The summed E-state index contributed by atoms with van der Waals surface area (Å²) >= 11 is 15.5. The molecule has 0 fully saturated rings. The summed E-state index contributed by atoms with van der Waals surface area (Å²) < 4.78 is 13.2. The Morgan fingerprint density at radius 1 is 1.16 bits per heavy atom. The Labute approximate surface area is 132 Å². The lowest BCUT2D eigenvalue weighted by Crippen LogP contribution is -2.02. The summed E-state index contributed by atoms with van der Waals surface area (Å²) in [5.74, 6) is 0.278. The fraction of sp³-hybridized carbons (Fsp3) is 0.0769. The lowest BCUT2D eigenvalue weighted by Gasteiger charge is -2.09. The predicted octanol–water partition coefficient (Wildman–Crippen LogP) is 4.65. The molecule has 0 saturated carbocycles. The fourth-order valence-electron chi connectivity index (χ4n) is 1.62. The maximum atomic E-state index is 12.4. The van der Waals surface area contributed by atoms with Crippen molar-refractivity contribution in [3.05, 3.63) is 56.5 Å². The van der Waals surface area contributed by atoms with Gasteiger partial charge in [-0.25, -0.2) is 0 Å². The third-order valence-corrected chi connectivity index (χ3v) is 5.28. The van der Waals surface area contributed by atoms with E-state index in [1.165, 1.54) is 0 Å². The highest BCUT2D eigenvalue weighted by Crippen LogP contribution is 2.29. The van der Waals surface area contributed by atoms with E-state index in [0.29, 0.717) is 20.6 Å². The van der Waals surface area contributed by atoms with Gasteiger partial charge in [0.1, 0.15) is 0 Å². The van der Waals surface area contributed by atoms with Gasteiger partial charge >= 0.3 is 0 Å². The number of anilines is 1. The van der Waals surface area contributed by atoms with Crippen molar-refractivity contribution in [2.24, 2.45) is 0 Å². The van der Waals surface area contributed by atoms with Gasteiger partial charge in [-0.05, 0) is 29.8 Å². The summed E-state index contributed by atoms with van der Waals surface area (Å²) in [6, 6.07) is 10.5. The van der Waals surface area contributed by atoms with E-state index in [1.54, 1.807) is 24.3 Å². The van der Waals surface area contributed by atoms with Crippen LogP contribution in [0.3, 0.4) is 0 Å². The largest absolute Gasteiger partial charge is 0.398 e. The first-order valence-electron chi connectivity index (χ1n) is 5.35. The first kappa shape index (κ1) is 14.9. The minimum absolute atomic E-state index is 0.278. The molecule has 2 N–H and O–H groups in total. The van der Waals surface area contributed by atoms with Gasteiger partial charge in [-0.3, -0.25) is 4.21 Å². The molecule has 0 aliphatic heterocycles. The molecule has 0 bridgehead atoms. The Morgan fingerprint density at radius 3 is 2.53 bits per heavy atom. The van der Waals surface area contributed by atoms with Gasteiger partial charge in [-0.2, -0.15) is 0 Å². The van der Waals surface area contributed by atoms with E-state index in [0.717, 1.165) is 10.0 Å². The molecule has 0 aliphatic carbocycles. The van der Waals surface area contributed by atoms with E-state index in [2.05, 4.69) is 15.9 Å². The van der Waals surface area contributed by atoms with Gasteiger partial charge in [0.2, 0.25) is 0 Å². The van der Waals surface area contributed by atoms with Crippen LogP contribution in [0.5, 0.6) is 0 Å². The molecule has 100 valence electrons. The van der Waals surface area contributed by atoms with Gasteiger partial charge < -0.3 is 5.73 Å². The third kappa shape index (κ3) is 3.51. The average molecular weight is 379 g/mol. The van der Waals surface area contributed by atoms with Crippen molar-refractivity contribution in [1.29, 1.82) is 0 Å². The second kappa shape index (κ2) is 6.27. The number of halogens is 3. The lowest BCUT2D eigenvalue weighted by atomic mass is 10.2. The molecule has 0 saturated heterocycles. The molecule has 0 aromatic heterocycles. The molecule has 2 nitrogen and oxygen atoms in total. The Kier molecular flexibility index (Phi) is 4.90. The smallest absolute Gasteiger partial charge is 0.0806 e. The highest BCUT2D eigenvalue weighted by molar-refractivity contribution is 9.10. The monoisotopic (exact) mass is 377 g/mol. The number of hydrogen-bond acceptors (Lipinski definition) is 2. The van der Waals surface area contributed by atoms with E-state index in [1.807, 2.05) is 12.1 Å². The highest BCUT2D eigenvalue weighted by atomic mass is 79.9. The van der Waals surface area contributed by atoms with Crippen molar-refractivity contribution < 1.29 is 4.21 Å². The van der Waals surface area contributed by atoms with E-state index in [9.17, 15) is 4.21 Å². The minimum Gasteiger partial charge on any atom is -0.398 e. The number of benzene rings is 2. The standard InChI is InChI=1S/C13H10BrCl2NOS/c14-9-5-4-8(11(16)6-9)7-19(18)13-10(15)2-1-3-12(13)17/h1-6H,7,17H2. The van der Waals surface area contributed by atoms with Crippen LogP contribution in [0.2, 0.25) is 10.0 Å². The minimum atomic E-state index is -1.33. The molecule has 2 rings (SSSR count). The maximum absolute atomic E-state index is 12.4. The first-order chi connectivity index (χ1) is 8.99. The molecule has 0 aliphatic rings. The molecule has 0 amide bonds. The SMILES string of the molecule is Nc1cccc(Cl)c1S(=O)Cc1ccc(Br)cc1Cl. The molecule has 19 heavy (non-hydrogen) atoms.